The molecule has 0 aliphatic carbocycles. The highest BCUT2D eigenvalue weighted by Crippen LogP contribution is 2.15. The van der Waals surface area contributed by atoms with E-state index in [-0.39, 0.29) is 26.3 Å². The van der Waals surface area contributed by atoms with Crippen LogP contribution in [0.5, 0.6) is 0 Å². The van der Waals surface area contributed by atoms with Gasteiger partial charge in [0.2, 0.25) is 0 Å². The number of nitriles is 2. The van der Waals surface area contributed by atoms with Crippen molar-refractivity contribution in [2.45, 2.75) is 6.92 Å². The van der Waals surface area contributed by atoms with E-state index in [4.69, 9.17) is 20.7 Å². The molecule has 0 aromatic heterocycles. The van der Waals surface area contributed by atoms with E-state index in [1.807, 2.05) is 12.1 Å². The van der Waals surface area contributed by atoms with Crippen molar-refractivity contribution in [1.82, 2.24) is 4.90 Å². The molecule has 0 aliphatic rings. The Hall–Kier alpha value is -1.14. The molecule has 0 radical (unpaired) electrons. The van der Waals surface area contributed by atoms with Gasteiger partial charge in [-0.2, -0.15) is 10.5 Å². The van der Waals surface area contributed by atoms with E-state index >= 15 is 0 Å². The lowest BCUT2D eigenvalue weighted by Crippen LogP contribution is -2.41. The fourth-order valence-electron chi connectivity index (χ4n) is 1.06. The zero-order chi connectivity index (χ0) is 11.0. The first kappa shape index (κ1) is 12.9. The van der Waals surface area contributed by atoms with E-state index in [0.29, 0.717) is 6.54 Å². The van der Waals surface area contributed by atoms with Gasteiger partial charge >= 0.3 is 0 Å². The van der Waals surface area contributed by atoms with Gasteiger partial charge in [-0.25, -0.2) is 0 Å². The molecule has 0 aromatic rings. The number of aliphatic hydroxyl groups is 2. The highest BCUT2D eigenvalue weighted by molar-refractivity contribution is 4.87. The minimum absolute atomic E-state index is 0.128. The number of hydrogen-bond acceptors (Lipinski definition) is 5. The summed E-state index contributed by atoms with van der Waals surface area (Å²) in [4.78, 5) is 1.59. The summed E-state index contributed by atoms with van der Waals surface area (Å²) >= 11 is 0. The van der Waals surface area contributed by atoms with Crippen molar-refractivity contribution in [1.29, 1.82) is 10.5 Å². The number of hydrogen-bond donors (Lipinski definition) is 2. The maximum absolute atomic E-state index is 9.02. The minimum Gasteiger partial charge on any atom is -0.396 e. The van der Waals surface area contributed by atoms with Crippen molar-refractivity contribution in [2.24, 2.45) is 5.41 Å². The van der Waals surface area contributed by atoms with Crippen LogP contribution < -0.4 is 0 Å². The van der Waals surface area contributed by atoms with Crippen molar-refractivity contribution in [2.75, 3.05) is 32.8 Å². The SMILES string of the molecule is CC(CO)(CO)CN(CC#N)CC#N. The molecule has 5 nitrogen and oxygen atoms in total. The summed E-state index contributed by atoms with van der Waals surface area (Å²) < 4.78 is 0. The van der Waals surface area contributed by atoms with Gasteiger partial charge in [0.1, 0.15) is 0 Å². The highest BCUT2D eigenvalue weighted by Gasteiger charge is 2.25. The van der Waals surface area contributed by atoms with Crippen molar-refractivity contribution in [3.63, 3.8) is 0 Å². The van der Waals surface area contributed by atoms with Crippen molar-refractivity contribution in [3.05, 3.63) is 0 Å². The van der Waals surface area contributed by atoms with Gasteiger partial charge in [-0.05, 0) is 0 Å². The Kier molecular flexibility index (Phi) is 5.82. The average molecular weight is 197 g/mol. The molecule has 0 saturated heterocycles. The van der Waals surface area contributed by atoms with Gasteiger partial charge in [-0.15, -0.1) is 0 Å². The van der Waals surface area contributed by atoms with Crippen LogP contribution in [0.4, 0.5) is 0 Å². The lowest BCUT2D eigenvalue weighted by molar-refractivity contribution is 0.0419. The lowest BCUT2D eigenvalue weighted by Gasteiger charge is -2.29. The van der Waals surface area contributed by atoms with Crippen LogP contribution in [0.15, 0.2) is 0 Å². The van der Waals surface area contributed by atoms with Crippen LogP contribution in [0.2, 0.25) is 0 Å². The van der Waals surface area contributed by atoms with Gasteiger partial charge in [0.25, 0.3) is 0 Å². The maximum atomic E-state index is 9.02. The molecule has 0 heterocycles. The smallest absolute Gasteiger partial charge is 0.0874 e. The van der Waals surface area contributed by atoms with Gasteiger partial charge in [0.05, 0.1) is 38.4 Å². The van der Waals surface area contributed by atoms with E-state index < -0.39 is 5.41 Å². The Balaban J connectivity index is 4.28. The second-order valence-electron chi connectivity index (χ2n) is 3.59. The van der Waals surface area contributed by atoms with E-state index in [9.17, 15) is 0 Å². The molecule has 0 spiro atoms. The Labute approximate surface area is 83.8 Å². The standard InChI is InChI=1S/C9H15N3O2/c1-9(7-13,8-14)6-12(4-2-10)5-3-11/h13-14H,4-8H2,1H3. The molecule has 0 unspecified atom stereocenters. The Bertz CT molecular complexity index is 221. The zero-order valence-electron chi connectivity index (χ0n) is 8.27. The Morgan fingerprint density at radius 3 is 1.86 bits per heavy atom. The topological polar surface area (TPSA) is 91.3 Å². The predicted molar refractivity (Wildman–Crippen MR) is 49.9 cm³/mol. The molecule has 0 aliphatic heterocycles. The van der Waals surface area contributed by atoms with E-state index in [2.05, 4.69) is 0 Å². The molecular weight excluding hydrogens is 182 g/mol. The molecule has 78 valence electrons. The van der Waals surface area contributed by atoms with Crippen LogP contribution in [-0.2, 0) is 0 Å². The minimum atomic E-state index is -0.659. The Morgan fingerprint density at radius 2 is 1.57 bits per heavy atom. The van der Waals surface area contributed by atoms with Crippen molar-refractivity contribution in [3.8, 4) is 12.1 Å². The monoisotopic (exact) mass is 197 g/mol. The van der Waals surface area contributed by atoms with Crippen molar-refractivity contribution >= 4 is 0 Å². The predicted octanol–water partition coefficient (Wildman–Crippen LogP) is -0.674. The summed E-state index contributed by atoms with van der Waals surface area (Å²) in [6, 6.07) is 3.87. The first-order chi connectivity index (χ1) is 6.61. The molecule has 0 bridgehead atoms. The summed E-state index contributed by atoms with van der Waals surface area (Å²) in [6.07, 6.45) is 0. The summed E-state index contributed by atoms with van der Waals surface area (Å²) in [6.45, 7) is 1.95. The van der Waals surface area contributed by atoms with Gasteiger partial charge < -0.3 is 10.2 Å². The molecule has 0 aromatic carbocycles. The average Bonchev–Trinajstić information content (AvgIpc) is 2.18. The molecule has 5 heteroatoms. The van der Waals surface area contributed by atoms with Crippen molar-refractivity contribution < 1.29 is 10.2 Å². The van der Waals surface area contributed by atoms with Crippen LogP contribution in [0.25, 0.3) is 0 Å². The van der Waals surface area contributed by atoms with Gasteiger partial charge in [-0.3, -0.25) is 4.90 Å². The van der Waals surface area contributed by atoms with Crippen LogP contribution in [-0.4, -0.2) is 48.0 Å². The van der Waals surface area contributed by atoms with Crippen LogP contribution in [0.3, 0.4) is 0 Å². The van der Waals surface area contributed by atoms with E-state index in [1.165, 1.54) is 0 Å². The van der Waals surface area contributed by atoms with Crippen LogP contribution >= 0.6 is 0 Å². The Morgan fingerprint density at radius 1 is 1.14 bits per heavy atom. The fraction of sp³-hybridized carbons (Fsp3) is 0.778. The first-order valence-electron chi connectivity index (χ1n) is 4.30. The summed E-state index contributed by atoms with van der Waals surface area (Å²) in [7, 11) is 0. The molecule has 0 fully saturated rings. The third-order valence-corrected chi connectivity index (χ3v) is 1.96. The molecule has 0 rings (SSSR count). The summed E-state index contributed by atoms with van der Waals surface area (Å²) in [5.41, 5.74) is -0.659. The second kappa shape index (κ2) is 6.33. The molecule has 0 atom stereocenters. The van der Waals surface area contributed by atoms with Gasteiger partial charge in [0.15, 0.2) is 0 Å². The normalized spacial score (nSPS) is 11.0. The second-order valence-corrected chi connectivity index (χ2v) is 3.59. The largest absolute Gasteiger partial charge is 0.396 e. The molecule has 0 saturated carbocycles. The highest BCUT2D eigenvalue weighted by atomic mass is 16.3. The van der Waals surface area contributed by atoms with Gasteiger partial charge in [-0.1, -0.05) is 6.92 Å². The summed E-state index contributed by atoms with van der Waals surface area (Å²) in [5.74, 6) is 0. The third kappa shape index (κ3) is 4.20. The number of nitrogens with zero attached hydrogens (tertiary/aromatic N) is 3. The summed E-state index contributed by atoms with van der Waals surface area (Å²) in [5, 5.41) is 35.0. The van der Waals surface area contributed by atoms with E-state index in [0.717, 1.165) is 0 Å². The molecule has 14 heavy (non-hydrogen) atoms. The maximum Gasteiger partial charge on any atom is 0.0874 e. The van der Waals surface area contributed by atoms with Crippen LogP contribution in [0.1, 0.15) is 6.92 Å². The molecule has 0 amide bonds. The quantitative estimate of drug-likeness (QED) is 0.551. The third-order valence-electron chi connectivity index (χ3n) is 1.96. The number of rotatable bonds is 6. The fourth-order valence-corrected chi connectivity index (χ4v) is 1.06. The van der Waals surface area contributed by atoms with E-state index in [1.54, 1.807) is 11.8 Å². The number of aliphatic hydroxyl groups excluding tert-OH is 2. The van der Waals surface area contributed by atoms with Gasteiger partial charge in [0, 0.05) is 12.0 Å². The zero-order valence-corrected chi connectivity index (χ0v) is 8.27. The lowest BCUT2D eigenvalue weighted by atomic mass is 9.92. The van der Waals surface area contributed by atoms with Crippen LogP contribution in [0, 0.1) is 28.1 Å². The molecule has 2 N–H and O–H groups in total. The molecular formula is C9H15N3O2. The first-order valence-corrected chi connectivity index (χ1v) is 4.30.